The van der Waals surface area contributed by atoms with Gasteiger partial charge >= 0.3 is 0 Å². The number of hydrogen-bond acceptors (Lipinski definition) is 3. The third kappa shape index (κ3) is 4.43. The Labute approximate surface area is 209 Å². The molecular weight excluding hydrogens is 456 g/mol. The number of carbonyl (C=O) groups is 2. The van der Waals surface area contributed by atoms with Crippen molar-refractivity contribution in [1.29, 1.82) is 0 Å². The second-order valence-corrected chi connectivity index (χ2v) is 11.3. The van der Waals surface area contributed by atoms with Gasteiger partial charge in [0.25, 0.3) is 11.8 Å². The van der Waals surface area contributed by atoms with E-state index in [9.17, 15) is 13.8 Å². The van der Waals surface area contributed by atoms with Gasteiger partial charge in [-0.15, -0.1) is 0 Å². The fourth-order valence-electron chi connectivity index (χ4n) is 5.32. The maximum absolute atomic E-state index is 13.8. The number of carbonyl (C=O) groups excluding carboxylic acids is 2. The average Bonchev–Trinajstić information content (AvgIpc) is 2.93. The summed E-state index contributed by atoms with van der Waals surface area (Å²) in [5.74, 6) is 0.650. The summed E-state index contributed by atoms with van der Waals surface area (Å²) in [5.41, 5.74) is 3.57. The lowest BCUT2D eigenvalue weighted by Gasteiger charge is -2.35. The van der Waals surface area contributed by atoms with Crippen LogP contribution in [0.5, 0.6) is 0 Å². The monoisotopic (exact) mass is 486 g/mol. The molecule has 0 aromatic heterocycles. The minimum absolute atomic E-state index is 0.0398. The zero-order valence-electron chi connectivity index (χ0n) is 20.4. The molecule has 3 aromatic carbocycles. The second kappa shape index (κ2) is 9.42. The molecule has 2 amide bonds. The van der Waals surface area contributed by atoms with Crippen molar-refractivity contribution in [2.24, 2.45) is 11.8 Å². The molecule has 1 saturated heterocycles. The summed E-state index contributed by atoms with van der Waals surface area (Å²) >= 11 is 0. The highest BCUT2D eigenvalue weighted by Gasteiger charge is 2.33. The number of nitrogens with zero attached hydrogens (tertiary/aromatic N) is 2. The fourth-order valence-corrected chi connectivity index (χ4v) is 6.67. The molecule has 5 nitrogen and oxygen atoms in total. The number of hydrogen-bond donors (Lipinski definition) is 0. The number of benzene rings is 3. The number of likely N-dealkylation sites (tertiary alicyclic amines) is 1. The minimum atomic E-state index is -1.54. The van der Waals surface area contributed by atoms with Crippen LogP contribution < -0.4 is 4.90 Å². The maximum atomic E-state index is 13.8. The van der Waals surface area contributed by atoms with E-state index in [1.807, 2.05) is 36.1 Å². The molecule has 0 aliphatic carbocycles. The normalized spacial score (nSPS) is 21.8. The van der Waals surface area contributed by atoms with Crippen LogP contribution in [0.4, 0.5) is 5.69 Å². The van der Waals surface area contributed by atoms with Crippen LogP contribution in [0, 0.1) is 18.8 Å². The molecule has 3 atom stereocenters. The van der Waals surface area contributed by atoms with Crippen molar-refractivity contribution in [1.82, 2.24) is 4.90 Å². The van der Waals surface area contributed by atoms with Gasteiger partial charge in [0.15, 0.2) is 0 Å². The lowest BCUT2D eigenvalue weighted by Crippen LogP contribution is -2.42. The highest BCUT2D eigenvalue weighted by Crippen LogP contribution is 2.37. The highest BCUT2D eigenvalue weighted by molar-refractivity contribution is 7.85. The highest BCUT2D eigenvalue weighted by atomic mass is 32.2. The molecule has 2 aliphatic heterocycles. The number of fused-ring (bicyclic) bond motifs is 2. The zero-order chi connectivity index (χ0) is 24.7. The van der Waals surface area contributed by atoms with Crippen LogP contribution in [0.25, 0.3) is 0 Å². The molecule has 0 saturated carbocycles. The summed E-state index contributed by atoms with van der Waals surface area (Å²) in [4.78, 5) is 32.0. The van der Waals surface area contributed by atoms with Gasteiger partial charge in [-0.1, -0.05) is 50.2 Å². The fraction of sp³-hybridized carbons (Fsp3) is 0.310. The SMILES string of the molecule is Cc1ccccc1CN1C(=O)c2ccccc2[S@](=O)c2ccc(C(=O)N3C[C@H](C)C[C@H](C)C3)cc21. The largest absolute Gasteiger partial charge is 0.338 e. The Kier molecular flexibility index (Phi) is 6.32. The van der Waals surface area contributed by atoms with Gasteiger partial charge in [0.05, 0.1) is 38.4 Å². The Morgan fingerprint density at radius 3 is 2.37 bits per heavy atom. The molecule has 6 heteroatoms. The van der Waals surface area contributed by atoms with Crippen molar-refractivity contribution in [2.45, 2.75) is 43.5 Å². The van der Waals surface area contributed by atoms with Gasteiger partial charge in [-0.05, 0) is 66.6 Å². The molecule has 0 spiro atoms. The van der Waals surface area contributed by atoms with Crippen molar-refractivity contribution in [3.63, 3.8) is 0 Å². The number of amides is 2. The van der Waals surface area contributed by atoms with Crippen molar-refractivity contribution in [3.8, 4) is 0 Å². The van der Waals surface area contributed by atoms with Crippen LogP contribution in [0.1, 0.15) is 52.1 Å². The third-order valence-corrected chi connectivity index (χ3v) is 8.50. The van der Waals surface area contributed by atoms with Gasteiger partial charge in [0.1, 0.15) is 0 Å². The van der Waals surface area contributed by atoms with Crippen LogP contribution in [0.3, 0.4) is 0 Å². The summed E-state index contributed by atoms with van der Waals surface area (Å²) in [6.45, 7) is 8.15. The summed E-state index contributed by atoms with van der Waals surface area (Å²) in [6.07, 6.45) is 1.11. The van der Waals surface area contributed by atoms with E-state index in [2.05, 4.69) is 13.8 Å². The lowest BCUT2D eigenvalue weighted by atomic mass is 9.91. The predicted octanol–water partition coefficient (Wildman–Crippen LogP) is 5.44. The van der Waals surface area contributed by atoms with Crippen LogP contribution in [-0.4, -0.2) is 34.0 Å². The Morgan fingerprint density at radius 1 is 0.943 bits per heavy atom. The van der Waals surface area contributed by atoms with Gasteiger partial charge in [0, 0.05) is 18.7 Å². The molecular formula is C29H30N2O3S. The van der Waals surface area contributed by atoms with E-state index >= 15 is 0 Å². The molecule has 180 valence electrons. The van der Waals surface area contributed by atoms with Crippen molar-refractivity contribution < 1.29 is 13.8 Å². The van der Waals surface area contributed by atoms with Gasteiger partial charge in [-0.25, -0.2) is 4.21 Å². The molecule has 0 unspecified atom stereocenters. The van der Waals surface area contributed by atoms with Crippen LogP contribution in [-0.2, 0) is 17.3 Å². The predicted molar refractivity (Wildman–Crippen MR) is 138 cm³/mol. The quantitative estimate of drug-likeness (QED) is 0.495. The van der Waals surface area contributed by atoms with Crippen molar-refractivity contribution >= 4 is 28.3 Å². The zero-order valence-corrected chi connectivity index (χ0v) is 21.2. The Bertz CT molecular complexity index is 1330. The van der Waals surface area contributed by atoms with E-state index in [0.717, 1.165) is 30.6 Å². The first-order valence-corrected chi connectivity index (χ1v) is 13.3. The number of aryl methyl sites for hydroxylation is 1. The average molecular weight is 487 g/mol. The first kappa shape index (κ1) is 23.5. The molecule has 2 heterocycles. The van der Waals surface area contributed by atoms with E-state index in [0.29, 0.717) is 45.0 Å². The Balaban J connectivity index is 1.61. The second-order valence-electron chi connectivity index (χ2n) is 9.92. The number of anilines is 1. The van der Waals surface area contributed by atoms with Crippen LogP contribution in [0.2, 0.25) is 0 Å². The number of rotatable bonds is 3. The summed E-state index contributed by atoms with van der Waals surface area (Å²) in [6, 6.07) is 20.3. The molecule has 35 heavy (non-hydrogen) atoms. The topological polar surface area (TPSA) is 57.7 Å². The van der Waals surface area contributed by atoms with Crippen LogP contribution in [0.15, 0.2) is 76.5 Å². The summed E-state index contributed by atoms with van der Waals surface area (Å²) < 4.78 is 13.6. The molecule has 0 bridgehead atoms. The molecule has 5 rings (SSSR count). The van der Waals surface area contributed by atoms with E-state index < -0.39 is 10.8 Å². The Morgan fingerprint density at radius 2 is 1.63 bits per heavy atom. The third-order valence-electron chi connectivity index (χ3n) is 7.00. The molecule has 1 fully saturated rings. The van der Waals surface area contributed by atoms with Crippen molar-refractivity contribution in [2.75, 3.05) is 18.0 Å². The van der Waals surface area contributed by atoms with Crippen LogP contribution >= 0.6 is 0 Å². The van der Waals surface area contributed by atoms with Gasteiger partial charge in [-0.3, -0.25) is 9.59 Å². The first-order chi connectivity index (χ1) is 16.8. The van der Waals surface area contributed by atoms with E-state index in [-0.39, 0.29) is 11.8 Å². The molecule has 0 N–H and O–H groups in total. The van der Waals surface area contributed by atoms with E-state index in [1.54, 1.807) is 47.4 Å². The standard InChI is InChI=1S/C29H30N2O3S/c1-19-14-20(2)17-30(16-19)28(32)22-12-13-27-25(15-22)31(18-23-9-5-4-8-21(23)3)29(33)24-10-6-7-11-26(24)35(27)34/h4-13,15,19-20H,14,16-18H2,1-3H3/t19-,20+,35-/m0/s1. The number of piperidine rings is 1. The lowest BCUT2D eigenvalue weighted by molar-refractivity contribution is 0.0623. The molecule has 2 aliphatic rings. The minimum Gasteiger partial charge on any atom is -0.338 e. The van der Waals surface area contributed by atoms with Gasteiger partial charge in [0.2, 0.25) is 0 Å². The molecule has 0 radical (unpaired) electrons. The first-order valence-electron chi connectivity index (χ1n) is 12.1. The van der Waals surface area contributed by atoms with E-state index in [4.69, 9.17) is 0 Å². The summed E-state index contributed by atoms with van der Waals surface area (Å²) in [5, 5.41) is 0. The molecule has 3 aromatic rings. The summed E-state index contributed by atoms with van der Waals surface area (Å²) in [7, 11) is -1.54. The van der Waals surface area contributed by atoms with Gasteiger partial charge < -0.3 is 9.80 Å². The Hall–Kier alpha value is -3.25. The van der Waals surface area contributed by atoms with E-state index in [1.165, 1.54) is 0 Å². The smallest absolute Gasteiger partial charge is 0.259 e. The van der Waals surface area contributed by atoms with Gasteiger partial charge in [-0.2, -0.15) is 0 Å². The van der Waals surface area contributed by atoms with Crippen molar-refractivity contribution in [3.05, 3.63) is 89.0 Å². The maximum Gasteiger partial charge on any atom is 0.259 e.